The van der Waals surface area contributed by atoms with Crippen LogP contribution in [0.25, 0.3) is 11.3 Å². The second-order valence-corrected chi connectivity index (χ2v) is 4.31. The summed E-state index contributed by atoms with van der Waals surface area (Å²) in [5.41, 5.74) is 3.24. The van der Waals surface area contributed by atoms with E-state index in [1.807, 2.05) is 12.3 Å². The molecule has 0 aromatic carbocycles. The molecule has 0 unspecified atom stereocenters. The minimum atomic E-state index is 0.657. The topological polar surface area (TPSA) is 53.9 Å². The van der Waals surface area contributed by atoms with Gasteiger partial charge in [0.2, 0.25) is 0 Å². The summed E-state index contributed by atoms with van der Waals surface area (Å²) in [5.74, 6) is 0.657. The highest BCUT2D eigenvalue weighted by atomic mass is 16.3. The lowest BCUT2D eigenvalue weighted by atomic mass is 10.1. The van der Waals surface area contributed by atoms with Crippen molar-refractivity contribution in [2.75, 3.05) is 6.54 Å². The quantitative estimate of drug-likeness (QED) is 0.812. The van der Waals surface area contributed by atoms with Crippen LogP contribution in [0.1, 0.15) is 19.4 Å². The number of aromatic nitrogens is 2. The largest absolute Gasteiger partial charge is 0.472 e. The average molecular weight is 219 g/mol. The minimum absolute atomic E-state index is 0.657. The summed E-state index contributed by atoms with van der Waals surface area (Å²) in [6, 6.07) is 1.93. The van der Waals surface area contributed by atoms with Crippen LogP contribution in [0.3, 0.4) is 0 Å². The molecule has 4 nitrogen and oxygen atoms in total. The van der Waals surface area contributed by atoms with E-state index in [2.05, 4.69) is 29.4 Å². The van der Waals surface area contributed by atoms with Crippen molar-refractivity contribution >= 4 is 0 Å². The third-order valence-electron chi connectivity index (χ3n) is 2.40. The summed E-state index contributed by atoms with van der Waals surface area (Å²) in [4.78, 5) is 0. The van der Waals surface area contributed by atoms with Gasteiger partial charge in [0.15, 0.2) is 0 Å². The van der Waals surface area contributed by atoms with Gasteiger partial charge in [-0.15, -0.1) is 0 Å². The average Bonchev–Trinajstić information content (AvgIpc) is 2.84. The third-order valence-corrected chi connectivity index (χ3v) is 2.40. The van der Waals surface area contributed by atoms with Gasteiger partial charge in [0.1, 0.15) is 0 Å². The van der Waals surface area contributed by atoms with Crippen molar-refractivity contribution < 1.29 is 4.42 Å². The fourth-order valence-electron chi connectivity index (χ4n) is 1.60. The maximum atomic E-state index is 5.07. The first-order valence-electron chi connectivity index (χ1n) is 5.53. The number of hydrogen-bond acceptors (Lipinski definition) is 3. The zero-order chi connectivity index (χ0) is 11.4. The third kappa shape index (κ3) is 2.52. The van der Waals surface area contributed by atoms with Crippen LogP contribution in [-0.2, 0) is 6.54 Å². The predicted molar refractivity (Wildman–Crippen MR) is 62.8 cm³/mol. The molecule has 16 heavy (non-hydrogen) atoms. The number of aromatic amines is 1. The molecule has 0 fully saturated rings. The molecule has 0 spiro atoms. The van der Waals surface area contributed by atoms with Gasteiger partial charge in [-0.1, -0.05) is 13.8 Å². The predicted octanol–water partition coefficient (Wildman–Crippen LogP) is 2.42. The van der Waals surface area contributed by atoms with Gasteiger partial charge in [-0.3, -0.25) is 5.10 Å². The van der Waals surface area contributed by atoms with Crippen molar-refractivity contribution in [1.82, 2.24) is 15.5 Å². The first kappa shape index (κ1) is 11.0. The Morgan fingerprint density at radius 1 is 1.50 bits per heavy atom. The van der Waals surface area contributed by atoms with Crippen LogP contribution < -0.4 is 5.32 Å². The Balaban J connectivity index is 2.03. The summed E-state index contributed by atoms with van der Waals surface area (Å²) in [6.45, 7) is 6.23. The SMILES string of the molecule is CC(C)CNCc1cn[nH]c1-c1ccoc1. The molecule has 0 aliphatic carbocycles. The molecule has 2 N–H and O–H groups in total. The van der Waals surface area contributed by atoms with Gasteiger partial charge < -0.3 is 9.73 Å². The molecule has 0 saturated heterocycles. The van der Waals surface area contributed by atoms with Crippen LogP contribution in [0.5, 0.6) is 0 Å². The van der Waals surface area contributed by atoms with Crippen LogP contribution in [0.2, 0.25) is 0 Å². The molecule has 0 aliphatic heterocycles. The first-order chi connectivity index (χ1) is 7.77. The van der Waals surface area contributed by atoms with Gasteiger partial charge in [0.05, 0.1) is 24.4 Å². The Morgan fingerprint density at radius 2 is 2.38 bits per heavy atom. The normalized spacial score (nSPS) is 11.2. The van der Waals surface area contributed by atoms with E-state index in [-0.39, 0.29) is 0 Å². The summed E-state index contributed by atoms with van der Waals surface area (Å²) >= 11 is 0. The van der Waals surface area contributed by atoms with Gasteiger partial charge in [-0.05, 0) is 18.5 Å². The number of nitrogens with zero attached hydrogens (tertiary/aromatic N) is 1. The molecular weight excluding hydrogens is 202 g/mol. The van der Waals surface area contributed by atoms with Gasteiger partial charge >= 0.3 is 0 Å². The molecular formula is C12H17N3O. The lowest BCUT2D eigenvalue weighted by molar-refractivity contribution is 0.552. The molecule has 86 valence electrons. The van der Waals surface area contributed by atoms with E-state index in [1.54, 1.807) is 12.5 Å². The monoisotopic (exact) mass is 219 g/mol. The van der Waals surface area contributed by atoms with Crippen LogP contribution in [0, 0.1) is 5.92 Å². The van der Waals surface area contributed by atoms with E-state index in [1.165, 1.54) is 5.56 Å². The number of nitrogens with one attached hydrogen (secondary N) is 2. The first-order valence-corrected chi connectivity index (χ1v) is 5.53. The zero-order valence-electron chi connectivity index (χ0n) is 9.66. The number of H-pyrrole nitrogens is 1. The van der Waals surface area contributed by atoms with E-state index in [0.717, 1.165) is 24.3 Å². The molecule has 2 rings (SSSR count). The molecule has 0 aliphatic rings. The van der Waals surface area contributed by atoms with Crippen LogP contribution in [0.4, 0.5) is 0 Å². The second-order valence-electron chi connectivity index (χ2n) is 4.31. The van der Waals surface area contributed by atoms with Crippen LogP contribution >= 0.6 is 0 Å². The van der Waals surface area contributed by atoms with Crippen LogP contribution in [-0.4, -0.2) is 16.7 Å². The highest BCUT2D eigenvalue weighted by molar-refractivity contribution is 5.60. The Morgan fingerprint density at radius 3 is 3.06 bits per heavy atom. The molecule has 2 aromatic heterocycles. The van der Waals surface area contributed by atoms with Gasteiger partial charge in [-0.25, -0.2) is 0 Å². The van der Waals surface area contributed by atoms with Gasteiger partial charge in [-0.2, -0.15) is 5.10 Å². The molecule has 2 heterocycles. The van der Waals surface area contributed by atoms with E-state index in [4.69, 9.17) is 4.42 Å². The Bertz CT molecular complexity index is 417. The molecule has 2 aromatic rings. The summed E-state index contributed by atoms with van der Waals surface area (Å²) < 4.78 is 5.07. The Hall–Kier alpha value is -1.55. The molecule has 0 bridgehead atoms. The van der Waals surface area contributed by atoms with Crippen LogP contribution in [0.15, 0.2) is 29.2 Å². The van der Waals surface area contributed by atoms with Gasteiger partial charge in [0, 0.05) is 17.7 Å². The minimum Gasteiger partial charge on any atom is -0.472 e. The molecule has 0 saturated carbocycles. The summed E-state index contributed by atoms with van der Waals surface area (Å²) in [6.07, 6.45) is 5.25. The lowest BCUT2D eigenvalue weighted by Crippen LogP contribution is -2.18. The van der Waals surface area contributed by atoms with E-state index >= 15 is 0 Å². The molecule has 0 atom stereocenters. The molecule has 0 radical (unpaired) electrons. The highest BCUT2D eigenvalue weighted by Gasteiger charge is 2.08. The highest BCUT2D eigenvalue weighted by Crippen LogP contribution is 2.20. The van der Waals surface area contributed by atoms with Gasteiger partial charge in [0.25, 0.3) is 0 Å². The number of furan rings is 1. The van der Waals surface area contributed by atoms with Crippen molar-refractivity contribution in [1.29, 1.82) is 0 Å². The second kappa shape index (κ2) is 4.99. The maximum Gasteiger partial charge on any atom is 0.0996 e. The fraction of sp³-hybridized carbons (Fsp3) is 0.417. The standard InChI is InChI=1S/C12H17N3O/c1-9(2)5-13-6-11-7-14-15-12(11)10-3-4-16-8-10/h3-4,7-9,13H,5-6H2,1-2H3,(H,14,15). The Labute approximate surface area is 95.1 Å². The van der Waals surface area contributed by atoms with E-state index < -0.39 is 0 Å². The fourth-order valence-corrected chi connectivity index (χ4v) is 1.60. The van der Waals surface area contributed by atoms with E-state index in [0.29, 0.717) is 5.92 Å². The smallest absolute Gasteiger partial charge is 0.0996 e. The zero-order valence-corrected chi connectivity index (χ0v) is 9.66. The van der Waals surface area contributed by atoms with Crippen molar-refractivity contribution in [3.05, 3.63) is 30.4 Å². The Kier molecular flexibility index (Phi) is 3.41. The lowest BCUT2D eigenvalue weighted by Gasteiger charge is -2.06. The van der Waals surface area contributed by atoms with Crippen molar-refractivity contribution in [3.63, 3.8) is 0 Å². The number of rotatable bonds is 5. The molecule has 4 heteroatoms. The maximum absolute atomic E-state index is 5.07. The molecule has 0 amide bonds. The summed E-state index contributed by atoms with van der Waals surface area (Å²) in [7, 11) is 0. The summed E-state index contributed by atoms with van der Waals surface area (Å²) in [5, 5.41) is 10.5. The van der Waals surface area contributed by atoms with E-state index in [9.17, 15) is 0 Å². The number of hydrogen-bond donors (Lipinski definition) is 2. The van der Waals surface area contributed by atoms with Crippen molar-refractivity contribution in [2.45, 2.75) is 20.4 Å². The van der Waals surface area contributed by atoms with Crippen molar-refractivity contribution in [2.24, 2.45) is 5.92 Å². The van der Waals surface area contributed by atoms with Crippen molar-refractivity contribution in [3.8, 4) is 11.3 Å².